The molecule has 0 saturated carbocycles. The van der Waals surface area contributed by atoms with Crippen molar-refractivity contribution in [2.45, 2.75) is 6.10 Å². The molecule has 0 heterocycles. The highest BCUT2D eigenvalue weighted by atomic mass is 79.9. The second-order valence-electron chi connectivity index (χ2n) is 4.16. The molecule has 6 heteroatoms. The minimum absolute atomic E-state index is 0.134. The summed E-state index contributed by atoms with van der Waals surface area (Å²) in [6.45, 7) is -0.217. The number of rotatable bonds is 4. The Bertz CT molecular complexity index is 601. The van der Waals surface area contributed by atoms with E-state index in [2.05, 4.69) is 21.2 Å². The number of halogens is 4. The fourth-order valence-electron chi connectivity index (χ4n) is 1.77. The lowest BCUT2D eigenvalue weighted by atomic mass is 10.1. The maximum absolute atomic E-state index is 13.5. The van der Waals surface area contributed by atoms with Gasteiger partial charge < -0.3 is 10.4 Å². The molecule has 0 fully saturated rings. The summed E-state index contributed by atoms with van der Waals surface area (Å²) in [5, 5.41) is 12.4. The number of nitrogens with one attached hydrogen (secondary N) is 1. The lowest BCUT2D eigenvalue weighted by Crippen LogP contribution is -2.15. The van der Waals surface area contributed by atoms with Gasteiger partial charge in [0.15, 0.2) is 0 Å². The molecule has 0 aliphatic rings. The largest absolute Gasteiger partial charge is 0.386 e. The minimum Gasteiger partial charge on any atom is -0.386 e. The predicted molar refractivity (Wildman–Crippen MR) is 73.9 cm³/mol. The molecular formula is C14H11BrF3NO. The molecule has 2 N–H and O–H groups in total. The van der Waals surface area contributed by atoms with Gasteiger partial charge in [0.1, 0.15) is 23.6 Å². The Balaban J connectivity index is 2.13. The molecule has 0 saturated heterocycles. The van der Waals surface area contributed by atoms with Crippen LogP contribution < -0.4 is 5.32 Å². The van der Waals surface area contributed by atoms with Crippen LogP contribution in [0.2, 0.25) is 0 Å². The Morgan fingerprint density at radius 2 is 1.70 bits per heavy atom. The van der Waals surface area contributed by atoms with Crippen molar-refractivity contribution in [2.24, 2.45) is 0 Å². The van der Waals surface area contributed by atoms with Gasteiger partial charge in [-0.25, -0.2) is 13.2 Å². The van der Waals surface area contributed by atoms with Gasteiger partial charge in [0.05, 0.1) is 11.3 Å². The summed E-state index contributed by atoms with van der Waals surface area (Å²) in [4.78, 5) is 0. The number of benzene rings is 2. The Morgan fingerprint density at radius 3 is 2.35 bits per heavy atom. The smallest absolute Gasteiger partial charge is 0.146 e. The van der Waals surface area contributed by atoms with Crippen LogP contribution in [0.5, 0.6) is 0 Å². The molecule has 1 atom stereocenters. The number of aliphatic hydroxyl groups excluding tert-OH is 1. The van der Waals surface area contributed by atoms with Crippen LogP contribution in [-0.4, -0.2) is 11.7 Å². The zero-order valence-corrected chi connectivity index (χ0v) is 11.8. The van der Waals surface area contributed by atoms with Crippen LogP contribution >= 0.6 is 15.9 Å². The lowest BCUT2D eigenvalue weighted by Gasteiger charge is -2.15. The van der Waals surface area contributed by atoms with E-state index in [0.717, 1.165) is 12.1 Å². The van der Waals surface area contributed by atoms with E-state index in [0.29, 0.717) is 4.47 Å². The van der Waals surface area contributed by atoms with Crippen LogP contribution in [0.3, 0.4) is 0 Å². The summed E-state index contributed by atoms with van der Waals surface area (Å²) < 4.78 is 41.0. The lowest BCUT2D eigenvalue weighted by molar-refractivity contribution is 0.181. The van der Waals surface area contributed by atoms with Gasteiger partial charge in [-0.1, -0.05) is 22.0 Å². The summed E-state index contributed by atoms with van der Waals surface area (Å²) in [5.74, 6) is -2.20. The molecule has 0 aliphatic heterocycles. The van der Waals surface area contributed by atoms with Gasteiger partial charge >= 0.3 is 0 Å². The van der Waals surface area contributed by atoms with E-state index in [4.69, 9.17) is 0 Å². The predicted octanol–water partition coefficient (Wildman–Crippen LogP) is 4.01. The van der Waals surface area contributed by atoms with Crippen molar-refractivity contribution in [3.8, 4) is 0 Å². The van der Waals surface area contributed by atoms with Crippen molar-refractivity contribution < 1.29 is 18.3 Å². The van der Waals surface area contributed by atoms with E-state index in [1.165, 1.54) is 24.3 Å². The minimum atomic E-state index is -1.42. The molecule has 0 aliphatic carbocycles. The number of anilines is 1. The van der Waals surface area contributed by atoms with E-state index in [9.17, 15) is 18.3 Å². The Morgan fingerprint density at radius 1 is 1.05 bits per heavy atom. The van der Waals surface area contributed by atoms with Gasteiger partial charge in [-0.15, -0.1) is 0 Å². The summed E-state index contributed by atoms with van der Waals surface area (Å²) >= 11 is 3.18. The first kappa shape index (κ1) is 14.9. The van der Waals surface area contributed by atoms with E-state index < -0.39 is 29.1 Å². The van der Waals surface area contributed by atoms with Crippen molar-refractivity contribution in [1.29, 1.82) is 0 Å². The molecule has 106 valence electrons. The van der Waals surface area contributed by atoms with Crippen LogP contribution in [0.4, 0.5) is 18.9 Å². The Kier molecular flexibility index (Phi) is 4.67. The molecule has 0 aromatic heterocycles. The molecule has 1 unspecified atom stereocenters. The van der Waals surface area contributed by atoms with E-state index >= 15 is 0 Å². The molecular weight excluding hydrogens is 335 g/mol. The van der Waals surface area contributed by atoms with Crippen molar-refractivity contribution in [1.82, 2.24) is 0 Å². The van der Waals surface area contributed by atoms with E-state index in [-0.39, 0.29) is 12.2 Å². The van der Waals surface area contributed by atoms with Gasteiger partial charge in [-0.3, -0.25) is 0 Å². The highest BCUT2D eigenvalue weighted by Crippen LogP contribution is 2.23. The maximum atomic E-state index is 13.5. The monoisotopic (exact) mass is 345 g/mol. The first-order valence-corrected chi connectivity index (χ1v) is 6.59. The highest BCUT2D eigenvalue weighted by Gasteiger charge is 2.17. The van der Waals surface area contributed by atoms with Gasteiger partial charge in [-0.2, -0.15) is 0 Å². The second kappa shape index (κ2) is 6.28. The summed E-state index contributed by atoms with van der Waals surface area (Å²) in [5.41, 5.74) is -0.300. The van der Waals surface area contributed by atoms with Crippen molar-refractivity contribution in [2.75, 3.05) is 11.9 Å². The normalized spacial score (nSPS) is 12.2. The average molecular weight is 346 g/mol. The third-order valence-electron chi connectivity index (χ3n) is 2.75. The molecule has 0 spiro atoms. The Labute approximate surface area is 122 Å². The van der Waals surface area contributed by atoms with Crippen molar-refractivity contribution in [3.63, 3.8) is 0 Å². The van der Waals surface area contributed by atoms with Crippen LogP contribution in [0.15, 0.2) is 40.9 Å². The molecule has 2 aromatic rings. The second-order valence-corrected chi connectivity index (χ2v) is 5.07. The van der Waals surface area contributed by atoms with Crippen LogP contribution in [-0.2, 0) is 0 Å². The van der Waals surface area contributed by atoms with Crippen LogP contribution in [0.25, 0.3) is 0 Å². The van der Waals surface area contributed by atoms with Crippen LogP contribution in [0, 0.1) is 17.5 Å². The van der Waals surface area contributed by atoms with Gasteiger partial charge in [0.25, 0.3) is 0 Å². The standard InChI is InChI=1S/C14H11BrF3NO/c15-8-4-5-9(16)12(6-8)19-7-13(20)14-10(17)2-1-3-11(14)18/h1-6,13,19-20H,7H2. The number of aliphatic hydroxyl groups is 1. The van der Waals surface area contributed by atoms with Gasteiger partial charge in [-0.05, 0) is 30.3 Å². The average Bonchev–Trinajstić information content (AvgIpc) is 2.39. The quantitative estimate of drug-likeness (QED) is 0.877. The molecule has 20 heavy (non-hydrogen) atoms. The molecule has 0 amide bonds. The Hall–Kier alpha value is -1.53. The van der Waals surface area contributed by atoms with Crippen LogP contribution in [0.1, 0.15) is 11.7 Å². The fourth-order valence-corrected chi connectivity index (χ4v) is 2.13. The number of hydrogen-bond donors (Lipinski definition) is 2. The third-order valence-corrected chi connectivity index (χ3v) is 3.24. The first-order valence-electron chi connectivity index (χ1n) is 5.80. The number of hydrogen-bond acceptors (Lipinski definition) is 2. The van der Waals surface area contributed by atoms with Crippen molar-refractivity contribution in [3.05, 3.63) is 63.9 Å². The molecule has 2 rings (SSSR count). The molecule has 0 bridgehead atoms. The molecule has 0 radical (unpaired) electrons. The fraction of sp³-hybridized carbons (Fsp3) is 0.143. The zero-order chi connectivity index (χ0) is 14.7. The maximum Gasteiger partial charge on any atom is 0.146 e. The van der Waals surface area contributed by atoms with Crippen molar-refractivity contribution >= 4 is 21.6 Å². The van der Waals surface area contributed by atoms with E-state index in [1.807, 2.05) is 0 Å². The van der Waals surface area contributed by atoms with Gasteiger partial charge in [0.2, 0.25) is 0 Å². The molecule has 2 aromatic carbocycles. The summed E-state index contributed by atoms with van der Waals surface area (Å²) in [6.07, 6.45) is -1.42. The first-order chi connectivity index (χ1) is 9.49. The zero-order valence-electron chi connectivity index (χ0n) is 10.2. The van der Waals surface area contributed by atoms with E-state index in [1.54, 1.807) is 0 Å². The summed E-state index contributed by atoms with van der Waals surface area (Å²) in [7, 11) is 0. The topological polar surface area (TPSA) is 32.3 Å². The highest BCUT2D eigenvalue weighted by molar-refractivity contribution is 9.10. The molecule has 2 nitrogen and oxygen atoms in total. The SMILES string of the molecule is OC(CNc1cc(Br)ccc1F)c1c(F)cccc1F. The third kappa shape index (κ3) is 3.32. The summed E-state index contributed by atoms with van der Waals surface area (Å²) in [6, 6.07) is 7.56. The van der Waals surface area contributed by atoms with Gasteiger partial charge in [0, 0.05) is 11.0 Å².